The Morgan fingerprint density at radius 1 is 1.12 bits per heavy atom. The summed E-state index contributed by atoms with van der Waals surface area (Å²) < 4.78 is 15.4. The van der Waals surface area contributed by atoms with E-state index in [0.717, 1.165) is 5.56 Å². The molecule has 0 aliphatic rings. The maximum absolute atomic E-state index is 12.6. The number of methoxy groups -OCH3 is 2. The van der Waals surface area contributed by atoms with Crippen molar-refractivity contribution in [3.63, 3.8) is 0 Å². The number of hydrogen-bond donors (Lipinski definition) is 1. The van der Waals surface area contributed by atoms with Crippen LogP contribution in [-0.4, -0.2) is 36.8 Å². The zero-order chi connectivity index (χ0) is 18.7. The standard InChI is InChI=1S/C19H18N2O5/c1-4-26-19(23)12-10-20-14-7-6-13(21-17(14)18(12)22)11-5-8-15(24-2)16(9-11)25-3/h5-10H,4H2,1-3H3,(H,20,22). The van der Waals surface area contributed by atoms with Gasteiger partial charge < -0.3 is 19.2 Å². The lowest BCUT2D eigenvalue weighted by atomic mass is 10.1. The first-order valence-electron chi connectivity index (χ1n) is 8.01. The molecule has 2 heterocycles. The molecule has 26 heavy (non-hydrogen) atoms. The van der Waals surface area contributed by atoms with Gasteiger partial charge in [0.15, 0.2) is 11.5 Å². The van der Waals surface area contributed by atoms with Gasteiger partial charge in [-0.3, -0.25) is 4.79 Å². The van der Waals surface area contributed by atoms with Gasteiger partial charge in [-0.2, -0.15) is 0 Å². The molecule has 0 fully saturated rings. The fourth-order valence-electron chi connectivity index (χ4n) is 2.61. The number of hydrogen-bond acceptors (Lipinski definition) is 6. The summed E-state index contributed by atoms with van der Waals surface area (Å²) in [5.41, 5.74) is 1.49. The number of nitrogens with one attached hydrogen (secondary N) is 1. The van der Waals surface area contributed by atoms with Crippen LogP contribution in [-0.2, 0) is 4.74 Å². The first-order chi connectivity index (χ1) is 12.6. The molecule has 0 saturated carbocycles. The highest BCUT2D eigenvalue weighted by Crippen LogP contribution is 2.31. The van der Waals surface area contributed by atoms with E-state index in [4.69, 9.17) is 14.2 Å². The third-order valence-electron chi connectivity index (χ3n) is 3.90. The normalized spacial score (nSPS) is 10.6. The van der Waals surface area contributed by atoms with Crippen molar-refractivity contribution < 1.29 is 19.0 Å². The van der Waals surface area contributed by atoms with Crippen LogP contribution in [0.4, 0.5) is 0 Å². The number of benzene rings is 1. The summed E-state index contributed by atoms with van der Waals surface area (Å²) in [6.45, 7) is 1.87. The van der Waals surface area contributed by atoms with Gasteiger partial charge >= 0.3 is 5.97 Å². The average Bonchev–Trinajstić information content (AvgIpc) is 2.67. The van der Waals surface area contributed by atoms with Gasteiger partial charge in [-0.05, 0) is 37.3 Å². The van der Waals surface area contributed by atoms with Crippen molar-refractivity contribution >= 4 is 17.0 Å². The number of carbonyl (C=O) groups excluding carboxylic acids is 1. The quantitative estimate of drug-likeness (QED) is 0.709. The number of pyridine rings is 2. The van der Waals surface area contributed by atoms with E-state index < -0.39 is 11.4 Å². The molecule has 0 amide bonds. The van der Waals surface area contributed by atoms with Crippen LogP contribution in [0.3, 0.4) is 0 Å². The molecule has 3 rings (SSSR count). The lowest BCUT2D eigenvalue weighted by Crippen LogP contribution is -2.19. The summed E-state index contributed by atoms with van der Waals surface area (Å²) >= 11 is 0. The minimum atomic E-state index is -0.672. The molecule has 0 spiro atoms. The number of esters is 1. The molecule has 0 bridgehead atoms. The van der Waals surface area contributed by atoms with Crippen molar-refractivity contribution in [3.05, 3.63) is 52.3 Å². The second kappa shape index (κ2) is 7.26. The van der Waals surface area contributed by atoms with Gasteiger partial charge in [0, 0.05) is 11.8 Å². The van der Waals surface area contributed by atoms with Crippen LogP contribution in [0.1, 0.15) is 17.3 Å². The summed E-state index contributed by atoms with van der Waals surface area (Å²) in [6, 6.07) is 8.88. The zero-order valence-corrected chi connectivity index (χ0v) is 14.7. The molecule has 7 nitrogen and oxygen atoms in total. The molecule has 0 saturated heterocycles. The van der Waals surface area contributed by atoms with Crippen LogP contribution in [0.25, 0.3) is 22.3 Å². The van der Waals surface area contributed by atoms with E-state index in [9.17, 15) is 9.59 Å². The van der Waals surface area contributed by atoms with E-state index in [1.807, 2.05) is 6.07 Å². The van der Waals surface area contributed by atoms with Gasteiger partial charge in [0.25, 0.3) is 0 Å². The predicted octanol–water partition coefficient (Wildman–Crippen LogP) is 2.78. The van der Waals surface area contributed by atoms with Gasteiger partial charge in [0.1, 0.15) is 11.1 Å². The lowest BCUT2D eigenvalue weighted by Gasteiger charge is -2.10. The lowest BCUT2D eigenvalue weighted by molar-refractivity contribution is 0.0524. The van der Waals surface area contributed by atoms with Crippen molar-refractivity contribution in [1.29, 1.82) is 0 Å². The molecule has 0 aliphatic heterocycles. The van der Waals surface area contributed by atoms with E-state index >= 15 is 0 Å². The van der Waals surface area contributed by atoms with Crippen molar-refractivity contribution in [2.75, 3.05) is 20.8 Å². The first-order valence-corrected chi connectivity index (χ1v) is 8.01. The second-order valence-electron chi connectivity index (χ2n) is 5.41. The van der Waals surface area contributed by atoms with E-state index in [-0.39, 0.29) is 17.7 Å². The molecule has 3 aromatic rings. The number of aromatic amines is 1. The predicted molar refractivity (Wildman–Crippen MR) is 96.9 cm³/mol. The Bertz CT molecular complexity index is 1030. The van der Waals surface area contributed by atoms with Gasteiger partial charge in [0.2, 0.25) is 5.43 Å². The van der Waals surface area contributed by atoms with Crippen molar-refractivity contribution in [2.24, 2.45) is 0 Å². The molecule has 0 atom stereocenters. The highest BCUT2D eigenvalue weighted by Gasteiger charge is 2.16. The van der Waals surface area contributed by atoms with Gasteiger partial charge in [0.05, 0.1) is 32.0 Å². The van der Waals surface area contributed by atoms with Crippen molar-refractivity contribution in [3.8, 4) is 22.8 Å². The minimum absolute atomic E-state index is 0.0729. The highest BCUT2D eigenvalue weighted by atomic mass is 16.5. The molecular weight excluding hydrogens is 336 g/mol. The van der Waals surface area contributed by atoms with Crippen LogP contribution in [0.5, 0.6) is 11.5 Å². The number of H-pyrrole nitrogens is 1. The maximum Gasteiger partial charge on any atom is 0.343 e. The smallest absolute Gasteiger partial charge is 0.343 e. The van der Waals surface area contributed by atoms with Crippen LogP contribution < -0.4 is 14.9 Å². The Balaban J connectivity index is 2.13. The third-order valence-corrected chi connectivity index (χ3v) is 3.90. The molecular formula is C19H18N2O5. The Hall–Kier alpha value is -3.35. The van der Waals surface area contributed by atoms with E-state index in [0.29, 0.717) is 22.7 Å². The second-order valence-corrected chi connectivity index (χ2v) is 5.41. The SMILES string of the molecule is CCOC(=O)c1c[nH]c2ccc(-c3ccc(OC)c(OC)c3)nc2c1=O. The topological polar surface area (TPSA) is 90.5 Å². The van der Waals surface area contributed by atoms with Gasteiger partial charge in [-0.25, -0.2) is 9.78 Å². The van der Waals surface area contributed by atoms with Crippen LogP contribution in [0, 0.1) is 0 Å². The summed E-state index contributed by atoms with van der Waals surface area (Å²) in [6.07, 6.45) is 1.35. The monoisotopic (exact) mass is 354 g/mol. The summed E-state index contributed by atoms with van der Waals surface area (Å²) in [5.74, 6) is 0.481. The van der Waals surface area contributed by atoms with Gasteiger partial charge in [-0.1, -0.05) is 0 Å². The maximum atomic E-state index is 12.6. The number of fused-ring (bicyclic) bond motifs is 1. The third kappa shape index (κ3) is 3.11. The molecule has 0 unspecified atom stereocenters. The Labute approximate surface area is 149 Å². The number of ether oxygens (including phenoxy) is 3. The largest absolute Gasteiger partial charge is 0.493 e. The Morgan fingerprint density at radius 3 is 2.58 bits per heavy atom. The fraction of sp³-hybridized carbons (Fsp3) is 0.211. The minimum Gasteiger partial charge on any atom is -0.493 e. The summed E-state index contributed by atoms with van der Waals surface area (Å²) in [4.78, 5) is 31.9. The summed E-state index contributed by atoms with van der Waals surface area (Å²) in [5, 5.41) is 0. The van der Waals surface area contributed by atoms with E-state index in [2.05, 4.69) is 9.97 Å². The number of aromatic nitrogens is 2. The van der Waals surface area contributed by atoms with Gasteiger partial charge in [-0.15, -0.1) is 0 Å². The molecule has 7 heteroatoms. The first kappa shape index (κ1) is 17.5. The molecule has 0 radical (unpaired) electrons. The van der Waals surface area contributed by atoms with E-state index in [1.54, 1.807) is 45.4 Å². The van der Waals surface area contributed by atoms with Crippen LogP contribution >= 0.6 is 0 Å². The van der Waals surface area contributed by atoms with E-state index in [1.165, 1.54) is 6.20 Å². The fourth-order valence-corrected chi connectivity index (χ4v) is 2.61. The van der Waals surface area contributed by atoms with Crippen molar-refractivity contribution in [2.45, 2.75) is 6.92 Å². The number of carbonyl (C=O) groups is 1. The zero-order valence-electron chi connectivity index (χ0n) is 14.7. The average molecular weight is 354 g/mol. The van der Waals surface area contributed by atoms with Crippen molar-refractivity contribution in [1.82, 2.24) is 9.97 Å². The Kier molecular flexibility index (Phi) is 4.88. The Morgan fingerprint density at radius 2 is 1.88 bits per heavy atom. The molecule has 1 aromatic carbocycles. The number of rotatable bonds is 5. The van der Waals surface area contributed by atoms with Crippen LogP contribution in [0.15, 0.2) is 41.3 Å². The van der Waals surface area contributed by atoms with Crippen LogP contribution in [0.2, 0.25) is 0 Å². The highest BCUT2D eigenvalue weighted by molar-refractivity contribution is 5.92. The summed E-state index contributed by atoms with van der Waals surface area (Å²) in [7, 11) is 3.11. The molecule has 0 aliphatic carbocycles. The molecule has 1 N–H and O–H groups in total. The molecule has 2 aromatic heterocycles. The molecule has 134 valence electrons. The number of nitrogens with zero attached hydrogens (tertiary/aromatic N) is 1.